The van der Waals surface area contributed by atoms with Crippen molar-refractivity contribution in [2.24, 2.45) is 0 Å². The van der Waals surface area contributed by atoms with Crippen molar-refractivity contribution in [2.75, 3.05) is 26.7 Å². The first-order valence-corrected chi connectivity index (χ1v) is 13.5. The predicted octanol–water partition coefficient (Wildman–Crippen LogP) is 6.57. The van der Waals surface area contributed by atoms with Gasteiger partial charge in [-0.15, -0.1) is 12.4 Å². The fourth-order valence-corrected chi connectivity index (χ4v) is 4.93. The van der Waals surface area contributed by atoms with Crippen LogP contribution in [0.25, 0.3) is 16.9 Å². The highest BCUT2D eigenvalue weighted by Crippen LogP contribution is 2.32. The van der Waals surface area contributed by atoms with Gasteiger partial charge in [-0.25, -0.2) is 4.68 Å². The molecule has 0 atom stereocenters. The van der Waals surface area contributed by atoms with Crippen LogP contribution in [0.3, 0.4) is 0 Å². The minimum absolute atomic E-state index is 0. The van der Waals surface area contributed by atoms with Crippen molar-refractivity contribution in [3.05, 3.63) is 69.3 Å². The number of nitrogens with one attached hydrogen (secondary N) is 1. The molecule has 1 aromatic heterocycles. The number of likely N-dealkylation sites (tertiary alicyclic amines) is 1. The van der Waals surface area contributed by atoms with E-state index in [1.807, 2.05) is 70.2 Å². The maximum atomic E-state index is 13.1. The average Bonchev–Trinajstić information content (AvgIpc) is 3.21. The van der Waals surface area contributed by atoms with Gasteiger partial charge in [-0.3, -0.25) is 9.69 Å². The van der Waals surface area contributed by atoms with Crippen molar-refractivity contribution in [3.8, 4) is 28.8 Å². The van der Waals surface area contributed by atoms with E-state index < -0.39 is 5.54 Å². The number of rotatable bonds is 5. The van der Waals surface area contributed by atoms with Crippen LogP contribution in [0.4, 0.5) is 0 Å². The number of methoxy groups -OCH3 is 1. The smallest absolute Gasteiger partial charge is 0.272 e. The minimum Gasteiger partial charge on any atom is -0.381 e. The van der Waals surface area contributed by atoms with Crippen LogP contribution in [-0.2, 0) is 4.74 Å². The number of halogens is 3. The second-order valence-corrected chi connectivity index (χ2v) is 11.5. The molecule has 1 saturated heterocycles. The second-order valence-electron chi connectivity index (χ2n) is 10.6. The average molecular weight is 590 g/mol. The van der Waals surface area contributed by atoms with E-state index in [4.69, 9.17) is 33.0 Å². The summed E-state index contributed by atoms with van der Waals surface area (Å²) in [6, 6.07) is 13.1. The summed E-state index contributed by atoms with van der Waals surface area (Å²) in [6.45, 7) is 10.4. The maximum absolute atomic E-state index is 13.1. The molecule has 0 radical (unpaired) electrons. The summed E-state index contributed by atoms with van der Waals surface area (Å²) in [6.07, 6.45) is 2.43. The molecule has 1 aliphatic rings. The fraction of sp³-hybridized carbons (Fsp3) is 0.400. The number of benzene rings is 2. The highest BCUT2D eigenvalue weighted by atomic mass is 35.5. The number of hydrogen-bond donors (Lipinski definition) is 1. The molecule has 2 aromatic carbocycles. The predicted molar refractivity (Wildman–Crippen MR) is 162 cm³/mol. The molecule has 1 fully saturated rings. The fourth-order valence-electron chi connectivity index (χ4n) is 4.55. The molecule has 0 saturated carbocycles. The van der Waals surface area contributed by atoms with Crippen molar-refractivity contribution in [1.29, 1.82) is 0 Å². The number of ether oxygens (including phenoxy) is 1. The number of amides is 1. The quantitative estimate of drug-likeness (QED) is 0.342. The summed E-state index contributed by atoms with van der Waals surface area (Å²) in [4.78, 5) is 15.5. The highest BCUT2D eigenvalue weighted by Gasteiger charge is 2.25. The number of carbonyl (C=O) groups is 1. The van der Waals surface area contributed by atoms with E-state index in [0.717, 1.165) is 48.3 Å². The zero-order chi connectivity index (χ0) is 27.4. The summed E-state index contributed by atoms with van der Waals surface area (Å²) in [7, 11) is 1.78. The number of nitrogens with zero attached hydrogens (tertiary/aromatic N) is 3. The maximum Gasteiger partial charge on any atom is 0.272 e. The van der Waals surface area contributed by atoms with Crippen LogP contribution in [0.15, 0.2) is 42.5 Å². The van der Waals surface area contributed by atoms with Crippen molar-refractivity contribution in [3.63, 3.8) is 0 Å². The normalized spacial score (nSPS) is 14.3. The van der Waals surface area contributed by atoms with Gasteiger partial charge >= 0.3 is 0 Å². The third-order valence-electron chi connectivity index (χ3n) is 6.52. The van der Waals surface area contributed by atoms with Gasteiger partial charge in [-0.2, -0.15) is 5.10 Å². The Hall–Kier alpha value is -2.53. The Morgan fingerprint density at radius 2 is 1.79 bits per heavy atom. The van der Waals surface area contributed by atoms with Gasteiger partial charge in [0.25, 0.3) is 5.91 Å². The topological polar surface area (TPSA) is 59.4 Å². The van der Waals surface area contributed by atoms with Gasteiger partial charge in [-0.1, -0.05) is 47.2 Å². The minimum atomic E-state index is -0.397. The first-order valence-electron chi connectivity index (χ1n) is 12.8. The van der Waals surface area contributed by atoms with Gasteiger partial charge in [0.1, 0.15) is 0 Å². The van der Waals surface area contributed by atoms with Crippen LogP contribution in [0.5, 0.6) is 0 Å². The Morgan fingerprint density at radius 3 is 2.38 bits per heavy atom. The van der Waals surface area contributed by atoms with Gasteiger partial charge in [0.15, 0.2) is 5.69 Å². The van der Waals surface area contributed by atoms with Gasteiger partial charge in [-0.05, 0) is 70.9 Å². The third kappa shape index (κ3) is 7.78. The first kappa shape index (κ1) is 31.0. The van der Waals surface area contributed by atoms with Crippen LogP contribution < -0.4 is 5.32 Å². The molecule has 0 spiro atoms. The summed E-state index contributed by atoms with van der Waals surface area (Å²) in [5.41, 5.74) is 3.86. The Balaban J connectivity index is 0.00000420. The molecule has 0 unspecified atom stereocenters. The number of carbonyl (C=O) groups excluding carboxylic acids is 1. The van der Waals surface area contributed by atoms with Crippen LogP contribution in [-0.4, -0.2) is 59.0 Å². The lowest BCUT2D eigenvalue weighted by Gasteiger charge is -2.29. The van der Waals surface area contributed by atoms with E-state index in [-0.39, 0.29) is 18.3 Å². The van der Waals surface area contributed by atoms with Gasteiger partial charge < -0.3 is 10.1 Å². The monoisotopic (exact) mass is 588 g/mol. The number of piperidine rings is 1. The summed E-state index contributed by atoms with van der Waals surface area (Å²) in [5, 5.41) is 8.86. The lowest BCUT2D eigenvalue weighted by atomic mass is 10.0. The molecule has 3 aromatic rings. The molecular formula is C30H35Cl3N4O2. The lowest BCUT2D eigenvalue weighted by Crippen LogP contribution is -2.41. The Kier molecular flexibility index (Phi) is 10.5. The van der Waals surface area contributed by atoms with E-state index in [0.29, 0.717) is 34.1 Å². The van der Waals surface area contributed by atoms with E-state index in [1.165, 1.54) is 0 Å². The Labute approximate surface area is 247 Å². The van der Waals surface area contributed by atoms with E-state index in [2.05, 4.69) is 22.1 Å². The van der Waals surface area contributed by atoms with Crippen molar-refractivity contribution >= 4 is 41.5 Å². The molecule has 39 heavy (non-hydrogen) atoms. The van der Waals surface area contributed by atoms with E-state index >= 15 is 0 Å². The largest absolute Gasteiger partial charge is 0.381 e. The summed E-state index contributed by atoms with van der Waals surface area (Å²) in [5.74, 6) is 6.27. The van der Waals surface area contributed by atoms with Gasteiger partial charge in [0, 0.05) is 47.5 Å². The molecule has 6 nitrogen and oxygen atoms in total. The lowest BCUT2D eigenvalue weighted by molar-refractivity contribution is 0.0450. The van der Waals surface area contributed by atoms with Crippen LogP contribution in [0, 0.1) is 18.8 Å². The molecule has 1 amide bonds. The Morgan fingerprint density at radius 1 is 1.13 bits per heavy atom. The van der Waals surface area contributed by atoms with Crippen molar-refractivity contribution in [1.82, 2.24) is 20.0 Å². The molecule has 1 aliphatic heterocycles. The van der Waals surface area contributed by atoms with Crippen LogP contribution in [0.1, 0.15) is 55.2 Å². The summed E-state index contributed by atoms with van der Waals surface area (Å²) >= 11 is 12.9. The first-order chi connectivity index (χ1) is 18.1. The standard InChI is InChI=1S/C30H34Cl2N4O2.ClH/c1-20-27(29(37)33-30(2,3)4)34-36(28(20)22-9-11-23(31)12-10-22)26-13-8-21(19-25(26)32)7-6-16-35-17-14-24(38-5)15-18-35;/h8-13,19,24H,14-18H2,1-5H3,(H,33,37);1H. The molecule has 0 bridgehead atoms. The van der Waals surface area contributed by atoms with Crippen LogP contribution in [0.2, 0.25) is 10.0 Å². The third-order valence-corrected chi connectivity index (χ3v) is 7.08. The van der Waals surface area contributed by atoms with Crippen molar-refractivity contribution < 1.29 is 9.53 Å². The van der Waals surface area contributed by atoms with Crippen molar-refractivity contribution in [2.45, 2.75) is 52.2 Å². The molecule has 208 valence electrons. The molecule has 4 rings (SSSR count). The SMILES string of the molecule is COC1CCN(CC#Cc2ccc(-n3nc(C(=O)NC(C)(C)C)c(C)c3-c3ccc(Cl)cc3)c(Cl)c2)CC1.Cl. The number of hydrogen-bond acceptors (Lipinski definition) is 4. The van der Waals surface area contributed by atoms with Crippen LogP contribution >= 0.6 is 35.6 Å². The Bertz CT molecular complexity index is 1360. The molecule has 9 heteroatoms. The molecular weight excluding hydrogens is 555 g/mol. The van der Waals surface area contributed by atoms with E-state index in [9.17, 15) is 4.79 Å². The molecule has 0 aliphatic carbocycles. The zero-order valence-corrected chi connectivity index (χ0v) is 25.3. The highest BCUT2D eigenvalue weighted by molar-refractivity contribution is 6.32. The number of aromatic nitrogens is 2. The van der Waals surface area contributed by atoms with E-state index in [1.54, 1.807) is 11.8 Å². The summed E-state index contributed by atoms with van der Waals surface area (Å²) < 4.78 is 7.18. The molecule has 1 N–H and O–H groups in total. The molecule has 2 heterocycles. The second kappa shape index (κ2) is 13.2. The zero-order valence-electron chi connectivity index (χ0n) is 23.0. The van der Waals surface area contributed by atoms with Gasteiger partial charge in [0.2, 0.25) is 0 Å². The van der Waals surface area contributed by atoms with Gasteiger partial charge in [0.05, 0.1) is 29.1 Å².